The van der Waals surface area contributed by atoms with Crippen molar-refractivity contribution in [2.75, 3.05) is 45.9 Å². The first kappa shape index (κ1) is 23.4. The van der Waals surface area contributed by atoms with Crippen LogP contribution in [0, 0.1) is 17.4 Å². The molecule has 1 aromatic rings. The van der Waals surface area contributed by atoms with Crippen molar-refractivity contribution < 1.29 is 19.1 Å². The number of nitriles is 1. The summed E-state index contributed by atoms with van der Waals surface area (Å²) in [6.45, 7) is 5.85. The van der Waals surface area contributed by atoms with Gasteiger partial charge in [-0.2, -0.15) is 5.26 Å². The zero-order chi connectivity index (χ0) is 21.9. The van der Waals surface area contributed by atoms with Crippen LogP contribution in [0.4, 0.5) is 0 Å². The third-order valence-corrected chi connectivity index (χ3v) is 4.81. The van der Waals surface area contributed by atoms with Crippen molar-refractivity contribution in [3.8, 4) is 6.19 Å². The summed E-state index contributed by atoms with van der Waals surface area (Å²) in [4.78, 5) is 41.9. The average molecular weight is 415 g/mol. The van der Waals surface area contributed by atoms with Crippen LogP contribution in [0.3, 0.4) is 0 Å². The van der Waals surface area contributed by atoms with Crippen molar-refractivity contribution >= 4 is 17.7 Å². The van der Waals surface area contributed by atoms with Crippen LogP contribution in [0.25, 0.3) is 0 Å². The van der Waals surface area contributed by atoms with Gasteiger partial charge < -0.3 is 14.5 Å². The number of morpholine rings is 1. The minimum absolute atomic E-state index is 0.0610. The highest BCUT2D eigenvalue weighted by atomic mass is 16.5. The Hall–Kier alpha value is -2.92. The molecule has 0 saturated carbocycles. The van der Waals surface area contributed by atoms with Crippen LogP contribution >= 0.6 is 0 Å². The largest absolute Gasteiger partial charge is 0.378 e. The van der Waals surface area contributed by atoms with Crippen molar-refractivity contribution in [1.82, 2.24) is 14.7 Å². The predicted molar refractivity (Wildman–Crippen MR) is 111 cm³/mol. The molecule has 0 N–H and O–H groups in total. The summed E-state index contributed by atoms with van der Waals surface area (Å²) in [6.07, 6.45) is 2.46. The van der Waals surface area contributed by atoms with Gasteiger partial charge in [0.1, 0.15) is 6.54 Å². The Morgan fingerprint density at radius 2 is 1.77 bits per heavy atom. The zero-order valence-corrected chi connectivity index (χ0v) is 17.7. The fourth-order valence-electron chi connectivity index (χ4n) is 3.22. The van der Waals surface area contributed by atoms with Gasteiger partial charge in [0.25, 0.3) is 0 Å². The van der Waals surface area contributed by atoms with E-state index in [1.54, 1.807) is 4.90 Å². The number of amides is 3. The summed E-state index contributed by atoms with van der Waals surface area (Å²) in [5.74, 6) is -0.805. The lowest BCUT2D eigenvalue weighted by Gasteiger charge is -2.31. The number of hydrogen-bond donors (Lipinski definition) is 0. The maximum Gasteiger partial charge on any atom is 0.243 e. The molecular formula is C22H30N4O4. The van der Waals surface area contributed by atoms with E-state index in [0.717, 1.165) is 10.5 Å². The van der Waals surface area contributed by atoms with Gasteiger partial charge in [-0.05, 0) is 17.9 Å². The highest BCUT2D eigenvalue weighted by Gasteiger charge is 2.26. The molecule has 1 heterocycles. The average Bonchev–Trinajstić information content (AvgIpc) is 2.76. The summed E-state index contributed by atoms with van der Waals surface area (Å²) in [5.41, 5.74) is 0.993. The van der Waals surface area contributed by atoms with Crippen molar-refractivity contribution in [1.29, 1.82) is 5.26 Å². The highest BCUT2D eigenvalue weighted by molar-refractivity contribution is 5.89. The Morgan fingerprint density at radius 1 is 1.10 bits per heavy atom. The molecular weight excluding hydrogens is 384 g/mol. The Labute approximate surface area is 178 Å². The van der Waals surface area contributed by atoms with E-state index in [1.807, 2.05) is 50.4 Å². The molecule has 1 saturated heterocycles. The van der Waals surface area contributed by atoms with Gasteiger partial charge in [0, 0.05) is 26.1 Å². The molecule has 1 aliphatic heterocycles. The summed E-state index contributed by atoms with van der Waals surface area (Å²) < 4.78 is 5.26. The molecule has 1 aliphatic rings. The van der Waals surface area contributed by atoms with Gasteiger partial charge in [-0.15, -0.1) is 0 Å². The van der Waals surface area contributed by atoms with E-state index in [-0.39, 0.29) is 31.3 Å². The lowest BCUT2D eigenvalue weighted by molar-refractivity contribution is -0.144. The van der Waals surface area contributed by atoms with Gasteiger partial charge in [0.05, 0.1) is 19.8 Å². The van der Waals surface area contributed by atoms with E-state index in [0.29, 0.717) is 39.3 Å². The number of nitrogens with zero attached hydrogens (tertiary/aromatic N) is 4. The normalized spacial score (nSPS) is 13.6. The van der Waals surface area contributed by atoms with E-state index in [1.165, 1.54) is 4.90 Å². The van der Waals surface area contributed by atoms with E-state index in [2.05, 4.69) is 0 Å². The molecule has 1 fully saturated rings. The molecule has 0 aromatic heterocycles. The zero-order valence-electron chi connectivity index (χ0n) is 17.7. The fourth-order valence-corrected chi connectivity index (χ4v) is 3.22. The maximum atomic E-state index is 12.8. The summed E-state index contributed by atoms with van der Waals surface area (Å²) in [5, 5.41) is 9.39. The molecule has 8 heteroatoms. The second-order valence-corrected chi connectivity index (χ2v) is 7.73. The molecule has 1 aromatic carbocycles. The molecule has 0 unspecified atom stereocenters. The third-order valence-electron chi connectivity index (χ3n) is 4.81. The maximum absolute atomic E-state index is 12.8. The molecule has 2 rings (SSSR count). The highest BCUT2D eigenvalue weighted by Crippen LogP contribution is 2.07. The number of carbonyl (C=O) groups excluding carboxylic acids is 3. The Balaban J connectivity index is 1.94. The number of hydrogen-bond acceptors (Lipinski definition) is 5. The van der Waals surface area contributed by atoms with Crippen LogP contribution < -0.4 is 0 Å². The number of carbonyl (C=O) groups is 3. The monoisotopic (exact) mass is 414 g/mol. The van der Waals surface area contributed by atoms with Gasteiger partial charge in [-0.25, -0.2) is 4.90 Å². The van der Waals surface area contributed by atoms with Crippen LogP contribution in [-0.4, -0.2) is 78.4 Å². The quantitative estimate of drug-likeness (QED) is 0.448. The van der Waals surface area contributed by atoms with Crippen LogP contribution in [0.15, 0.2) is 30.3 Å². The molecule has 30 heavy (non-hydrogen) atoms. The van der Waals surface area contributed by atoms with E-state index in [4.69, 9.17) is 4.74 Å². The van der Waals surface area contributed by atoms with Gasteiger partial charge in [0.2, 0.25) is 17.7 Å². The van der Waals surface area contributed by atoms with Crippen LogP contribution in [0.2, 0.25) is 0 Å². The number of ether oxygens (including phenoxy) is 1. The first-order valence-corrected chi connectivity index (χ1v) is 10.3. The first-order valence-electron chi connectivity index (χ1n) is 10.3. The molecule has 0 aliphatic carbocycles. The van der Waals surface area contributed by atoms with Gasteiger partial charge in [-0.3, -0.25) is 14.4 Å². The lowest BCUT2D eigenvalue weighted by Crippen LogP contribution is -2.49. The summed E-state index contributed by atoms with van der Waals surface area (Å²) >= 11 is 0. The molecule has 0 bridgehead atoms. The van der Waals surface area contributed by atoms with Crippen molar-refractivity contribution in [3.05, 3.63) is 35.9 Å². The van der Waals surface area contributed by atoms with Crippen molar-refractivity contribution in [3.63, 3.8) is 0 Å². The first-order chi connectivity index (χ1) is 14.4. The van der Waals surface area contributed by atoms with Gasteiger partial charge in [-0.1, -0.05) is 44.2 Å². The summed E-state index contributed by atoms with van der Waals surface area (Å²) in [6, 6.07) is 9.50. The van der Waals surface area contributed by atoms with E-state index < -0.39 is 11.8 Å². The summed E-state index contributed by atoms with van der Waals surface area (Å²) in [7, 11) is 0. The van der Waals surface area contributed by atoms with Gasteiger partial charge in [0.15, 0.2) is 6.19 Å². The molecule has 0 radical (unpaired) electrons. The fraction of sp³-hybridized carbons (Fsp3) is 0.545. The Morgan fingerprint density at radius 3 is 2.37 bits per heavy atom. The second kappa shape index (κ2) is 11.9. The van der Waals surface area contributed by atoms with Crippen molar-refractivity contribution in [2.45, 2.75) is 26.7 Å². The lowest BCUT2D eigenvalue weighted by atomic mass is 10.1. The van der Waals surface area contributed by atoms with Crippen LogP contribution in [-0.2, 0) is 25.5 Å². The minimum atomic E-state index is -0.404. The molecule has 0 spiro atoms. The molecule has 8 nitrogen and oxygen atoms in total. The topological polar surface area (TPSA) is 93.9 Å². The second-order valence-electron chi connectivity index (χ2n) is 7.73. The van der Waals surface area contributed by atoms with Gasteiger partial charge >= 0.3 is 0 Å². The minimum Gasteiger partial charge on any atom is -0.378 e. The van der Waals surface area contributed by atoms with Crippen LogP contribution in [0.1, 0.15) is 25.8 Å². The van der Waals surface area contributed by atoms with Crippen LogP contribution in [0.5, 0.6) is 0 Å². The number of rotatable bonds is 9. The molecule has 3 amide bonds. The smallest absolute Gasteiger partial charge is 0.243 e. The molecule has 0 atom stereocenters. The van der Waals surface area contributed by atoms with E-state index >= 15 is 0 Å². The Kier molecular flexibility index (Phi) is 9.29. The third kappa shape index (κ3) is 7.48. The van der Waals surface area contributed by atoms with Crippen molar-refractivity contribution in [2.24, 2.45) is 5.92 Å². The Bertz CT molecular complexity index is 754. The number of benzene rings is 1. The SMILES string of the molecule is CC(C)CN(CC(=O)N1CCOCC1)C(=O)CN(C#N)C(=O)CCc1ccccc1. The van der Waals surface area contributed by atoms with E-state index in [9.17, 15) is 19.6 Å². The predicted octanol–water partition coefficient (Wildman–Crippen LogP) is 1.27. The number of aryl methyl sites for hydroxylation is 1. The standard InChI is InChI=1S/C22H30N4O4/c1-18(2)14-25(15-21(28)24-10-12-30-13-11-24)22(29)16-26(17-23)20(27)9-8-19-6-4-3-5-7-19/h3-7,18H,8-16H2,1-2H3. The molecule has 162 valence electrons.